The maximum absolute atomic E-state index is 15.7. The number of amides is 1. The molecule has 2 aliphatic heterocycles. The molecule has 8 nitrogen and oxygen atoms in total. The normalized spacial score (nSPS) is 23.1. The number of benzene rings is 2. The number of rotatable bonds is 9. The van der Waals surface area contributed by atoms with Crippen molar-refractivity contribution in [1.82, 2.24) is 9.62 Å². The summed E-state index contributed by atoms with van der Waals surface area (Å²) in [4.78, 5) is 21.5. The summed E-state index contributed by atoms with van der Waals surface area (Å²) < 4.78 is 49.9. The van der Waals surface area contributed by atoms with Crippen LogP contribution in [-0.2, 0) is 31.5 Å². The molecule has 2 saturated heterocycles. The topological polar surface area (TPSA) is 100 Å². The first kappa shape index (κ1) is 29.8. The monoisotopic (exact) mass is 568 g/mol. The lowest BCUT2D eigenvalue weighted by atomic mass is 9.73. The average molecular weight is 569 g/mol. The molecule has 1 N–H and O–H groups in total. The van der Waals surface area contributed by atoms with E-state index in [-0.39, 0.29) is 30.6 Å². The highest BCUT2D eigenvalue weighted by atomic mass is 32.2. The van der Waals surface area contributed by atoms with E-state index in [0.29, 0.717) is 50.2 Å². The van der Waals surface area contributed by atoms with E-state index in [4.69, 9.17) is 4.74 Å². The van der Waals surface area contributed by atoms with Gasteiger partial charge in [-0.3, -0.25) is 14.8 Å². The van der Waals surface area contributed by atoms with Gasteiger partial charge < -0.3 is 10.1 Å². The summed E-state index contributed by atoms with van der Waals surface area (Å²) in [6.07, 6.45) is 5.12. The largest absolute Gasteiger partial charge is 0.381 e. The number of hydrogen-bond acceptors (Lipinski definition) is 6. The molecule has 2 heterocycles. The van der Waals surface area contributed by atoms with Gasteiger partial charge >= 0.3 is 0 Å². The van der Waals surface area contributed by atoms with Gasteiger partial charge in [-0.05, 0) is 63.4 Å². The van der Waals surface area contributed by atoms with Gasteiger partial charge in [0, 0.05) is 43.8 Å². The third kappa shape index (κ3) is 6.24. The van der Waals surface area contributed by atoms with Crippen LogP contribution in [0.3, 0.4) is 0 Å². The summed E-state index contributed by atoms with van der Waals surface area (Å²) in [6, 6.07) is 13.6. The van der Waals surface area contributed by atoms with Crippen LogP contribution in [0.15, 0.2) is 70.4 Å². The lowest BCUT2D eigenvalue weighted by Gasteiger charge is -2.38. The molecular formula is C30H37FN4O4S. The second kappa shape index (κ2) is 13.0. The van der Waals surface area contributed by atoms with E-state index >= 15 is 4.39 Å². The first-order valence-electron chi connectivity index (χ1n) is 13.6. The van der Waals surface area contributed by atoms with Crippen LogP contribution in [0.5, 0.6) is 0 Å². The predicted octanol–water partition coefficient (Wildman–Crippen LogP) is 4.68. The molecule has 0 radical (unpaired) electrons. The van der Waals surface area contributed by atoms with E-state index in [1.54, 1.807) is 25.3 Å². The quantitative estimate of drug-likeness (QED) is 0.444. The Morgan fingerprint density at radius 1 is 1.20 bits per heavy atom. The summed E-state index contributed by atoms with van der Waals surface area (Å²) in [5.74, 6) is -0.790. The molecule has 0 bridgehead atoms. The van der Waals surface area contributed by atoms with E-state index in [1.807, 2.05) is 37.3 Å². The molecule has 2 aromatic carbocycles. The first-order valence-corrected chi connectivity index (χ1v) is 15.1. The highest BCUT2D eigenvalue weighted by Gasteiger charge is 2.43. The molecule has 0 unspecified atom stereocenters. The number of carbonyl (C=O) groups excluding carboxylic acids is 1. The molecule has 2 fully saturated rings. The van der Waals surface area contributed by atoms with Crippen molar-refractivity contribution in [3.63, 3.8) is 0 Å². The fourth-order valence-corrected chi connectivity index (χ4v) is 7.69. The van der Waals surface area contributed by atoms with Gasteiger partial charge in [-0.25, -0.2) is 12.8 Å². The molecule has 0 spiro atoms. The number of ether oxygens (including phenoxy) is 1. The summed E-state index contributed by atoms with van der Waals surface area (Å²) >= 11 is 0. The zero-order valence-corrected chi connectivity index (χ0v) is 23.9. The Morgan fingerprint density at radius 3 is 2.58 bits per heavy atom. The fourth-order valence-electron chi connectivity index (χ4n) is 5.50. The minimum atomic E-state index is -3.71. The number of carbonyl (C=O) groups is 1. The van der Waals surface area contributed by atoms with Crippen LogP contribution in [0.4, 0.5) is 4.39 Å². The highest BCUT2D eigenvalue weighted by Crippen LogP contribution is 2.39. The molecule has 0 aliphatic carbocycles. The van der Waals surface area contributed by atoms with Gasteiger partial charge in [-0.15, -0.1) is 0 Å². The average Bonchev–Trinajstić information content (AvgIpc) is 2.96. The molecular weight excluding hydrogens is 531 g/mol. The molecule has 40 heavy (non-hydrogen) atoms. The van der Waals surface area contributed by atoms with Gasteiger partial charge in [0.25, 0.3) is 0 Å². The Hall–Kier alpha value is -3.21. The Kier molecular flexibility index (Phi) is 9.65. The third-order valence-electron chi connectivity index (χ3n) is 7.91. The lowest BCUT2D eigenvalue weighted by molar-refractivity contribution is -0.130. The molecule has 10 heteroatoms. The third-order valence-corrected chi connectivity index (χ3v) is 10.3. The van der Waals surface area contributed by atoms with E-state index in [2.05, 4.69) is 22.0 Å². The fraction of sp³-hybridized carbons (Fsp3) is 0.433. The van der Waals surface area contributed by atoms with Crippen LogP contribution in [0, 0.1) is 5.82 Å². The molecule has 0 aromatic heterocycles. The second-order valence-corrected chi connectivity index (χ2v) is 12.4. The van der Waals surface area contributed by atoms with Crippen molar-refractivity contribution in [3.05, 3.63) is 82.9 Å². The van der Waals surface area contributed by atoms with Crippen LogP contribution in [0.2, 0.25) is 0 Å². The SMILES string of the molecule is C=N/C(=C\N=CC)CNC(=O)C1(c2ccc(CN3[C@@H](C)CC[C@H](c4ccccc4)S3(=O)=O)c(F)c2)CCOCC1. The number of hydrogen-bond donors (Lipinski definition) is 1. The number of nitrogens with one attached hydrogen (secondary N) is 1. The maximum atomic E-state index is 15.7. The van der Waals surface area contributed by atoms with Crippen molar-refractivity contribution in [3.8, 4) is 0 Å². The number of halogens is 1. The Bertz CT molecular complexity index is 1370. The summed E-state index contributed by atoms with van der Waals surface area (Å²) in [7, 11) is -3.71. The second-order valence-electron chi connectivity index (χ2n) is 10.3. The highest BCUT2D eigenvalue weighted by molar-refractivity contribution is 7.89. The van der Waals surface area contributed by atoms with Crippen molar-refractivity contribution in [2.45, 2.75) is 62.8 Å². The van der Waals surface area contributed by atoms with Crippen LogP contribution in [0.25, 0.3) is 0 Å². The smallest absolute Gasteiger partial charge is 0.231 e. The van der Waals surface area contributed by atoms with Crippen LogP contribution < -0.4 is 5.32 Å². The van der Waals surface area contributed by atoms with Gasteiger partial charge in [0.2, 0.25) is 15.9 Å². The van der Waals surface area contributed by atoms with Crippen molar-refractivity contribution in [2.75, 3.05) is 19.8 Å². The molecule has 1 amide bonds. The van der Waals surface area contributed by atoms with Gasteiger partial charge in [0.05, 0.1) is 17.7 Å². The minimum Gasteiger partial charge on any atom is -0.381 e. The molecule has 0 saturated carbocycles. The van der Waals surface area contributed by atoms with Crippen molar-refractivity contribution in [1.29, 1.82) is 0 Å². The minimum absolute atomic E-state index is 0.0711. The number of nitrogens with zero attached hydrogens (tertiary/aromatic N) is 3. The van der Waals surface area contributed by atoms with Gasteiger partial charge in [0.1, 0.15) is 11.1 Å². The summed E-state index contributed by atoms with van der Waals surface area (Å²) in [5, 5.41) is 2.25. The van der Waals surface area contributed by atoms with Crippen LogP contribution in [0.1, 0.15) is 61.5 Å². The molecule has 4 rings (SSSR count). The Balaban J connectivity index is 1.58. The zero-order valence-electron chi connectivity index (χ0n) is 23.1. The van der Waals surface area contributed by atoms with Crippen molar-refractivity contribution >= 4 is 28.9 Å². The molecule has 2 aromatic rings. The number of aliphatic imine (C=N–C) groups is 2. The zero-order chi connectivity index (χ0) is 28.8. The van der Waals surface area contributed by atoms with Crippen molar-refractivity contribution < 1.29 is 22.3 Å². The lowest BCUT2D eigenvalue weighted by Crippen LogP contribution is -2.48. The Morgan fingerprint density at radius 2 is 1.93 bits per heavy atom. The van der Waals surface area contributed by atoms with E-state index < -0.39 is 26.5 Å². The predicted molar refractivity (Wildman–Crippen MR) is 155 cm³/mol. The molecule has 214 valence electrons. The first-order chi connectivity index (χ1) is 19.2. The van der Waals surface area contributed by atoms with Crippen LogP contribution >= 0.6 is 0 Å². The van der Waals surface area contributed by atoms with E-state index in [1.165, 1.54) is 16.6 Å². The molecule has 2 aliphatic rings. The van der Waals surface area contributed by atoms with Gasteiger partial charge in [0.15, 0.2) is 0 Å². The van der Waals surface area contributed by atoms with Crippen LogP contribution in [-0.4, -0.2) is 57.4 Å². The van der Waals surface area contributed by atoms with Crippen molar-refractivity contribution in [2.24, 2.45) is 9.98 Å². The van der Waals surface area contributed by atoms with Gasteiger partial charge in [-0.1, -0.05) is 42.5 Å². The molecule has 2 atom stereocenters. The Labute approximate surface area is 236 Å². The number of sulfonamides is 1. The van der Waals surface area contributed by atoms with Gasteiger partial charge in [-0.2, -0.15) is 4.31 Å². The maximum Gasteiger partial charge on any atom is 0.231 e. The standard InChI is InChI=1S/C30H37FN4O4S/c1-4-33-19-26(32-3)20-34-29(36)30(14-16-39-17-15-30)25-12-11-24(27(31)18-25)21-35-22(2)10-13-28(40(35,37)38)23-8-6-5-7-9-23/h4-9,11-12,18-19,22,28H,3,10,13-17,20-21H2,1-2H3,(H,34,36)/b26-19-,33-4?/t22-,28+/m0/s1. The summed E-state index contributed by atoms with van der Waals surface area (Å²) in [6.45, 7) is 7.95. The summed E-state index contributed by atoms with van der Waals surface area (Å²) in [5.41, 5.74) is 1.07. The van der Waals surface area contributed by atoms with E-state index in [9.17, 15) is 13.2 Å². The van der Waals surface area contributed by atoms with E-state index in [0.717, 1.165) is 5.56 Å².